The summed E-state index contributed by atoms with van der Waals surface area (Å²) in [6, 6.07) is 2.18. The number of halogens is 1. The molecule has 1 atom stereocenters. The van der Waals surface area contributed by atoms with Crippen molar-refractivity contribution in [1.29, 1.82) is 0 Å². The summed E-state index contributed by atoms with van der Waals surface area (Å²) in [7, 11) is -4.19. The number of nitro groups is 2. The molecule has 13 nitrogen and oxygen atoms in total. The zero-order valence-electron chi connectivity index (χ0n) is 15.3. The number of amides is 1. The van der Waals surface area contributed by atoms with Gasteiger partial charge in [-0.05, 0) is 19.4 Å². The Balaban J connectivity index is 2.87. The average Bonchev–Trinajstić information content (AvgIpc) is 2.65. The number of hydrogen-bond acceptors (Lipinski definition) is 9. The lowest BCUT2D eigenvalue weighted by Gasteiger charge is -2.12. The molecule has 1 rings (SSSR count). The molecule has 0 saturated carbocycles. The molecule has 29 heavy (non-hydrogen) atoms. The minimum absolute atomic E-state index is 0.0229. The molecular formula is C14H20IN4O9P. The molecule has 0 bridgehead atoms. The fourth-order valence-corrected chi connectivity index (χ4v) is 3.53. The van der Waals surface area contributed by atoms with Crippen molar-refractivity contribution < 1.29 is 33.1 Å². The Bertz CT molecular complexity index is 808. The second-order valence-corrected chi connectivity index (χ2v) is 7.87. The Morgan fingerprint density at radius 3 is 2.45 bits per heavy atom. The summed E-state index contributed by atoms with van der Waals surface area (Å²) in [5.74, 6) is -1.02. The van der Waals surface area contributed by atoms with E-state index in [0.29, 0.717) is 11.0 Å². The SMILES string of the molecule is CCNc1ccc([N+](=O)[O-])c(C(=O)NCCCOP(=O)(O)OCCI)c1[N+](=O)[O-]. The van der Waals surface area contributed by atoms with Crippen molar-refractivity contribution in [2.45, 2.75) is 13.3 Å². The number of hydrogen-bond donors (Lipinski definition) is 3. The lowest BCUT2D eigenvalue weighted by Crippen LogP contribution is -2.27. The molecule has 1 amide bonds. The highest BCUT2D eigenvalue weighted by atomic mass is 127. The third kappa shape index (κ3) is 7.81. The van der Waals surface area contributed by atoms with Gasteiger partial charge in [-0.3, -0.25) is 34.1 Å². The van der Waals surface area contributed by atoms with Crippen LogP contribution in [0.3, 0.4) is 0 Å². The third-order valence-electron chi connectivity index (χ3n) is 3.32. The quantitative estimate of drug-likeness (QED) is 0.0830. The van der Waals surface area contributed by atoms with Gasteiger partial charge >= 0.3 is 13.5 Å². The first kappa shape index (κ1) is 25.2. The summed E-state index contributed by atoms with van der Waals surface area (Å²) < 4.78 is 21.3. The van der Waals surface area contributed by atoms with E-state index < -0.39 is 40.5 Å². The first-order chi connectivity index (χ1) is 13.6. The molecule has 0 saturated heterocycles. The topological polar surface area (TPSA) is 183 Å². The zero-order valence-corrected chi connectivity index (χ0v) is 18.4. The first-order valence-electron chi connectivity index (χ1n) is 8.30. The molecule has 0 heterocycles. The molecule has 0 aliphatic carbocycles. The van der Waals surface area contributed by atoms with Gasteiger partial charge in [0.1, 0.15) is 5.69 Å². The van der Waals surface area contributed by atoms with E-state index in [1.54, 1.807) is 6.92 Å². The van der Waals surface area contributed by atoms with E-state index in [0.717, 1.165) is 6.07 Å². The number of alkyl halides is 1. The lowest BCUT2D eigenvalue weighted by atomic mass is 10.1. The maximum absolute atomic E-state index is 12.4. The molecule has 0 radical (unpaired) electrons. The predicted molar refractivity (Wildman–Crippen MR) is 111 cm³/mol. The Hall–Kier alpha value is -1.87. The Kier molecular flexibility index (Phi) is 10.4. The number of carbonyl (C=O) groups excluding carboxylic acids is 1. The number of phosphoric acid groups is 1. The largest absolute Gasteiger partial charge is 0.472 e. The van der Waals surface area contributed by atoms with E-state index in [1.165, 1.54) is 6.07 Å². The van der Waals surface area contributed by atoms with Gasteiger partial charge < -0.3 is 15.5 Å². The second-order valence-electron chi connectivity index (χ2n) is 5.33. The standard InChI is InChI=1S/C14H20IN4O9P/c1-2-16-10-4-5-11(18(21)22)12(13(10)19(23)24)14(20)17-7-3-8-27-29(25,26)28-9-6-15/h4-5,16H,2-3,6-9H2,1H3,(H,17,20)(H,25,26). The smallest absolute Gasteiger partial charge is 0.380 e. The van der Waals surface area contributed by atoms with Gasteiger partial charge in [0.2, 0.25) is 0 Å². The minimum Gasteiger partial charge on any atom is -0.380 e. The van der Waals surface area contributed by atoms with Crippen molar-refractivity contribution in [3.8, 4) is 0 Å². The molecule has 0 aliphatic heterocycles. The summed E-state index contributed by atoms with van der Waals surface area (Å²) in [6.07, 6.45) is 0.0678. The highest BCUT2D eigenvalue weighted by Gasteiger charge is 2.33. The van der Waals surface area contributed by atoms with Crippen LogP contribution in [-0.2, 0) is 13.6 Å². The third-order valence-corrected chi connectivity index (χ3v) is 4.78. The molecule has 1 aromatic carbocycles. The second kappa shape index (κ2) is 12.0. The molecule has 1 unspecified atom stereocenters. The Morgan fingerprint density at radius 2 is 1.90 bits per heavy atom. The maximum Gasteiger partial charge on any atom is 0.472 e. The van der Waals surface area contributed by atoms with Crippen LogP contribution in [-0.4, -0.2) is 51.4 Å². The number of benzene rings is 1. The predicted octanol–water partition coefficient (Wildman–Crippen LogP) is 2.62. The summed E-state index contributed by atoms with van der Waals surface area (Å²) in [6.45, 7) is 1.66. The molecular weight excluding hydrogens is 526 g/mol. The van der Waals surface area contributed by atoms with Gasteiger partial charge in [0, 0.05) is 23.6 Å². The van der Waals surface area contributed by atoms with Gasteiger partial charge in [-0.15, -0.1) is 0 Å². The van der Waals surface area contributed by atoms with Gasteiger partial charge in [0.15, 0.2) is 5.56 Å². The number of rotatable bonds is 13. The van der Waals surface area contributed by atoms with Gasteiger partial charge in [0.25, 0.3) is 11.6 Å². The summed E-state index contributed by atoms with van der Waals surface area (Å²) in [5, 5.41) is 27.7. The van der Waals surface area contributed by atoms with Gasteiger partial charge in [-0.1, -0.05) is 22.6 Å². The number of phosphoric ester groups is 1. The molecule has 0 aliphatic rings. The molecule has 0 fully saturated rings. The molecule has 0 spiro atoms. The fraction of sp³-hybridized carbons (Fsp3) is 0.500. The van der Waals surface area contributed by atoms with Gasteiger partial charge in [-0.25, -0.2) is 4.57 Å². The number of nitrogens with one attached hydrogen (secondary N) is 2. The highest BCUT2D eigenvalue weighted by Crippen LogP contribution is 2.43. The first-order valence-corrected chi connectivity index (χ1v) is 11.3. The van der Waals surface area contributed by atoms with E-state index in [-0.39, 0.29) is 31.9 Å². The van der Waals surface area contributed by atoms with Crippen molar-refractivity contribution in [2.24, 2.45) is 0 Å². The van der Waals surface area contributed by atoms with Crippen LogP contribution in [0.2, 0.25) is 0 Å². The number of anilines is 1. The maximum atomic E-state index is 12.4. The average molecular weight is 546 g/mol. The van der Waals surface area contributed by atoms with Crippen LogP contribution in [0.1, 0.15) is 23.7 Å². The van der Waals surface area contributed by atoms with Crippen molar-refractivity contribution in [1.82, 2.24) is 5.32 Å². The van der Waals surface area contributed by atoms with E-state index in [2.05, 4.69) is 15.2 Å². The van der Waals surface area contributed by atoms with Gasteiger partial charge in [-0.2, -0.15) is 0 Å². The van der Waals surface area contributed by atoms with Crippen molar-refractivity contribution in [3.63, 3.8) is 0 Å². The minimum atomic E-state index is -4.19. The van der Waals surface area contributed by atoms with E-state index in [1.807, 2.05) is 22.6 Å². The summed E-state index contributed by atoms with van der Waals surface area (Å²) in [4.78, 5) is 42.7. The van der Waals surface area contributed by atoms with Crippen molar-refractivity contribution >= 4 is 53.4 Å². The normalized spacial score (nSPS) is 12.8. The van der Waals surface area contributed by atoms with Crippen LogP contribution in [0.4, 0.5) is 17.1 Å². The summed E-state index contributed by atoms with van der Waals surface area (Å²) in [5.41, 5.74) is -2.12. The van der Waals surface area contributed by atoms with Crippen LogP contribution in [0, 0.1) is 20.2 Å². The Morgan fingerprint density at radius 1 is 1.24 bits per heavy atom. The van der Waals surface area contributed by atoms with E-state index in [4.69, 9.17) is 4.52 Å². The highest BCUT2D eigenvalue weighted by molar-refractivity contribution is 14.1. The summed E-state index contributed by atoms with van der Waals surface area (Å²) >= 11 is 1.95. The van der Waals surface area contributed by atoms with E-state index in [9.17, 15) is 34.5 Å². The number of nitrogens with zero attached hydrogens (tertiary/aromatic N) is 2. The Labute approximate surface area is 179 Å². The molecule has 15 heteroatoms. The van der Waals surface area contributed by atoms with Crippen LogP contribution in [0.25, 0.3) is 0 Å². The van der Waals surface area contributed by atoms with Crippen LogP contribution < -0.4 is 10.6 Å². The fourth-order valence-electron chi connectivity index (χ4n) is 2.21. The number of nitro benzene ring substituents is 2. The lowest BCUT2D eigenvalue weighted by molar-refractivity contribution is -0.394. The van der Waals surface area contributed by atoms with Crippen molar-refractivity contribution in [3.05, 3.63) is 37.9 Å². The van der Waals surface area contributed by atoms with Crippen molar-refractivity contribution in [2.75, 3.05) is 36.0 Å². The van der Waals surface area contributed by atoms with Crippen LogP contribution in [0.5, 0.6) is 0 Å². The van der Waals surface area contributed by atoms with Crippen LogP contribution >= 0.6 is 30.4 Å². The van der Waals surface area contributed by atoms with Gasteiger partial charge in [0.05, 0.1) is 23.1 Å². The molecule has 1 aromatic rings. The zero-order chi connectivity index (χ0) is 22.0. The number of carbonyl (C=O) groups is 1. The van der Waals surface area contributed by atoms with Crippen LogP contribution in [0.15, 0.2) is 12.1 Å². The molecule has 3 N–H and O–H groups in total. The molecule has 162 valence electrons. The van der Waals surface area contributed by atoms with E-state index >= 15 is 0 Å². The monoisotopic (exact) mass is 546 g/mol. The molecule has 0 aromatic heterocycles.